The summed E-state index contributed by atoms with van der Waals surface area (Å²) in [5.41, 5.74) is 11.2. The third-order valence-corrected chi connectivity index (χ3v) is 3.37. The highest BCUT2D eigenvalue weighted by molar-refractivity contribution is 5.81. The summed E-state index contributed by atoms with van der Waals surface area (Å²) in [6.45, 7) is 2.70. The van der Waals surface area contributed by atoms with Crippen LogP contribution in [0.4, 0.5) is 0 Å². The number of carbonyl (C=O) groups excluding carboxylic acids is 2. The van der Waals surface area contributed by atoms with Crippen molar-refractivity contribution in [2.75, 3.05) is 26.2 Å². The molecule has 0 saturated carbocycles. The quantitative estimate of drug-likeness (QED) is 0.521. The van der Waals surface area contributed by atoms with Gasteiger partial charge in [0.15, 0.2) is 0 Å². The zero-order valence-electron chi connectivity index (χ0n) is 11.6. The second-order valence-electron chi connectivity index (χ2n) is 5.02. The van der Waals surface area contributed by atoms with E-state index in [-0.39, 0.29) is 11.8 Å². The number of amides is 2. The van der Waals surface area contributed by atoms with Crippen LogP contribution in [0.5, 0.6) is 0 Å². The van der Waals surface area contributed by atoms with Crippen LogP contribution in [0.25, 0.3) is 0 Å². The first-order valence-electron chi connectivity index (χ1n) is 7.16. The van der Waals surface area contributed by atoms with Crippen LogP contribution in [0, 0.1) is 0 Å². The van der Waals surface area contributed by atoms with Crippen molar-refractivity contribution in [3.63, 3.8) is 0 Å². The Morgan fingerprint density at radius 1 is 1.21 bits per heavy atom. The van der Waals surface area contributed by atoms with Gasteiger partial charge in [-0.2, -0.15) is 0 Å². The first kappa shape index (κ1) is 15.9. The molecular formula is C13H26N4O2. The second kappa shape index (κ2) is 8.87. The lowest BCUT2D eigenvalue weighted by atomic mass is 10.1. The third kappa shape index (κ3) is 6.02. The molecule has 0 aromatic rings. The van der Waals surface area contributed by atoms with Crippen molar-refractivity contribution < 1.29 is 9.59 Å². The molecule has 1 atom stereocenters. The maximum Gasteiger partial charge on any atom is 0.239 e. The fourth-order valence-corrected chi connectivity index (χ4v) is 2.23. The van der Waals surface area contributed by atoms with Crippen LogP contribution >= 0.6 is 0 Å². The van der Waals surface area contributed by atoms with Gasteiger partial charge >= 0.3 is 0 Å². The van der Waals surface area contributed by atoms with Gasteiger partial charge < -0.3 is 21.7 Å². The number of hydrogen-bond donors (Lipinski definition) is 3. The van der Waals surface area contributed by atoms with Gasteiger partial charge in [-0.15, -0.1) is 0 Å². The summed E-state index contributed by atoms with van der Waals surface area (Å²) >= 11 is 0. The lowest BCUT2D eigenvalue weighted by Crippen LogP contribution is -2.42. The minimum absolute atomic E-state index is 0.0139. The van der Waals surface area contributed by atoms with E-state index in [4.69, 9.17) is 11.5 Å². The van der Waals surface area contributed by atoms with E-state index in [0.717, 1.165) is 38.8 Å². The monoisotopic (exact) mass is 270 g/mol. The van der Waals surface area contributed by atoms with E-state index in [0.29, 0.717) is 25.9 Å². The SMILES string of the molecule is NCCC(=O)NCCCC[C@H](N)C(=O)N1CCCC1. The number of likely N-dealkylation sites (tertiary alicyclic amines) is 1. The van der Waals surface area contributed by atoms with Gasteiger partial charge in [-0.25, -0.2) is 0 Å². The third-order valence-electron chi connectivity index (χ3n) is 3.37. The normalized spacial score (nSPS) is 16.4. The second-order valence-corrected chi connectivity index (χ2v) is 5.02. The Morgan fingerprint density at radius 2 is 1.89 bits per heavy atom. The standard InChI is InChI=1S/C13H26N4O2/c14-7-6-12(18)16-8-2-1-5-11(15)13(19)17-9-3-4-10-17/h11H,1-10,14-15H2,(H,16,18)/t11-/m0/s1. The molecule has 5 N–H and O–H groups in total. The Kier molecular flexibility index (Phi) is 7.43. The van der Waals surface area contributed by atoms with E-state index in [1.807, 2.05) is 4.90 Å². The van der Waals surface area contributed by atoms with Crippen LogP contribution in [0.2, 0.25) is 0 Å². The lowest BCUT2D eigenvalue weighted by molar-refractivity contribution is -0.131. The molecule has 1 fully saturated rings. The molecular weight excluding hydrogens is 244 g/mol. The summed E-state index contributed by atoms with van der Waals surface area (Å²) < 4.78 is 0. The van der Waals surface area contributed by atoms with Crippen LogP contribution in [0.3, 0.4) is 0 Å². The van der Waals surface area contributed by atoms with Gasteiger partial charge in [0.1, 0.15) is 0 Å². The number of hydrogen-bond acceptors (Lipinski definition) is 4. The van der Waals surface area contributed by atoms with E-state index < -0.39 is 6.04 Å². The Morgan fingerprint density at radius 3 is 2.53 bits per heavy atom. The zero-order chi connectivity index (χ0) is 14.1. The smallest absolute Gasteiger partial charge is 0.239 e. The van der Waals surface area contributed by atoms with E-state index in [1.165, 1.54) is 0 Å². The van der Waals surface area contributed by atoms with Crippen molar-refractivity contribution >= 4 is 11.8 Å². The van der Waals surface area contributed by atoms with Gasteiger partial charge in [-0.1, -0.05) is 0 Å². The predicted octanol–water partition coefficient (Wildman–Crippen LogP) is -0.429. The summed E-state index contributed by atoms with van der Waals surface area (Å²) in [6, 6.07) is -0.391. The lowest BCUT2D eigenvalue weighted by Gasteiger charge is -2.20. The highest BCUT2D eigenvalue weighted by atomic mass is 16.2. The Balaban J connectivity index is 2.05. The topological polar surface area (TPSA) is 101 Å². The van der Waals surface area contributed by atoms with E-state index in [1.54, 1.807) is 0 Å². The number of nitrogens with two attached hydrogens (primary N) is 2. The van der Waals surface area contributed by atoms with Gasteiger partial charge in [-0.3, -0.25) is 9.59 Å². The molecule has 0 aromatic heterocycles. The highest BCUT2D eigenvalue weighted by Crippen LogP contribution is 2.10. The van der Waals surface area contributed by atoms with Crippen LogP contribution in [-0.2, 0) is 9.59 Å². The Hall–Kier alpha value is -1.14. The molecule has 6 nitrogen and oxygen atoms in total. The van der Waals surface area contributed by atoms with Gasteiger partial charge in [0.2, 0.25) is 11.8 Å². The van der Waals surface area contributed by atoms with Crippen LogP contribution < -0.4 is 16.8 Å². The summed E-state index contributed by atoms with van der Waals surface area (Å²) in [5.74, 6) is 0.0598. The minimum atomic E-state index is -0.391. The van der Waals surface area contributed by atoms with Crippen molar-refractivity contribution in [1.29, 1.82) is 0 Å². The Bertz CT molecular complexity index is 290. The maximum atomic E-state index is 11.9. The summed E-state index contributed by atoms with van der Waals surface area (Å²) in [7, 11) is 0. The molecule has 0 unspecified atom stereocenters. The molecule has 1 saturated heterocycles. The molecule has 0 bridgehead atoms. The maximum absolute atomic E-state index is 11.9. The van der Waals surface area contributed by atoms with Crippen molar-refractivity contribution in [2.45, 2.75) is 44.6 Å². The minimum Gasteiger partial charge on any atom is -0.356 e. The van der Waals surface area contributed by atoms with Crippen LogP contribution in [0.15, 0.2) is 0 Å². The van der Waals surface area contributed by atoms with E-state index in [9.17, 15) is 9.59 Å². The molecule has 1 rings (SSSR count). The summed E-state index contributed by atoms with van der Waals surface area (Å²) in [4.78, 5) is 24.9. The molecule has 1 aliphatic heterocycles. The number of carbonyl (C=O) groups is 2. The molecule has 0 aliphatic carbocycles. The fraction of sp³-hybridized carbons (Fsp3) is 0.846. The first-order valence-corrected chi connectivity index (χ1v) is 7.16. The summed E-state index contributed by atoms with van der Waals surface area (Å²) in [5, 5.41) is 2.79. The van der Waals surface area contributed by atoms with Crippen LogP contribution in [0.1, 0.15) is 38.5 Å². The number of nitrogens with one attached hydrogen (secondary N) is 1. The van der Waals surface area contributed by atoms with Gasteiger partial charge in [0.25, 0.3) is 0 Å². The van der Waals surface area contributed by atoms with E-state index >= 15 is 0 Å². The molecule has 0 aromatic carbocycles. The Labute approximate surface area is 114 Å². The molecule has 1 heterocycles. The average molecular weight is 270 g/mol. The highest BCUT2D eigenvalue weighted by Gasteiger charge is 2.22. The van der Waals surface area contributed by atoms with Crippen molar-refractivity contribution in [3.8, 4) is 0 Å². The largest absolute Gasteiger partial charge is 0.356 e. The predicted molar refractivity (Wildman–Crippen MR) is 74.3 cm³/mol. The van der Waals surface area contributed by atoms with Crippen molar-refractivity contribution in [3.05, 3.63) is 0 Å². The number of unbranched alkanes of at least 4 members (excludes halogenated alkanes) is 1. The molecule has 1 aliphatic rings. The number of nitrogens with zero attached hydrogens (tertiary/aromatic N) is 1. The molecule has 2 amide bonds. The zero-order valence-corrected chi connectivity index (χ0v) is 11.6. The van der Waals surface area contributed by atoms with Crippen molar-refractivity contribution in [2.24, 2.45) is 11.5 Å². The number of rotatable bonds is 8. The average Bonchev–Trinajstić information content (AvgIpc) is 2.91. The molecule has 6 heteroatoms. The molecule has 0 spiro atoms. The molecule has 110 valence electrons. The van der Waals surface area contributed by atoms with Gasteiger partial charge in [-0.05, 0) is 32.1 Å². The van der Waals surface area contributed by atoms with Gasteiger partial charge in [0.05, 0.1) is 6.04 Å². The first-order chi connectivity index (χ1) is 9.15. The molecule has 0 radical (unpaired) electrons. The van der Waals surface area contributed by atoms with Crippen molar-refractivity contribution in [1.82, 2.24) is 10.2 Å². The fourth-order valence-electron chi connectivity index (χ4n) is 2.23. The van der Waals surface area contributed by atoms with Gasteiger partial charge in [0, 0.05) is 32.6 Å². The summed E-state index contributed by atoms with van der Waals surface area (Å²) in [6.07, 6.45) is 4.92. The van der Waals surface area contributed by atoms with Crippen LogP contribution in [-0.4, -0.2) is 48.9 Å². The van der Waals surface area contributed by atoms with E-state index in [2.05, 4.69) is 5.32 Å². The molecule has 19 heavy (non-hydrogen) atoms.